The van der Waals surface area contributed by atoms with Crippen LogP contribution in [0, 0.1) is 17.1 Å². The molecule has 1 aliphatic heterocycles. The number of hydrogen-bond donors (Lipinski definition) is 1. The molecule has 1 aliphatic rings. The molecule has 0 spiro atoms. The first-order valence-corrected chi connectivity index (χ1v) is 10.6. The Labute approximate surface area is 195 Å². The first-order chi connectivity index (χ1) is 15.9. The quantitative estimate of drug-likeness (QED) is 0.559. The molecule has 0 radical (unpaired) electrons. The van der Waals surface area contributed by atoms with E-state index in [-0.39, 0.29) is 16.7 Å². The van der Waals surface area contributed by atoms with E-state index in [0.29, 0.717) is 53.3 Å². The van der Waals surface area contributed by atoms with Crippen molar-refractivity contribution in [1.29, 1.82) is 5.26 Å². The summed E-state index contributed by atoms with van der Waals surface area (Å²) in [7, 11) is 3.85. The van der Waals surface area contributed by atoms with Crippen molar-refractivity contribution in [2.45, 2.75) is 0 Å². The highest BCUT2D eigenvalue weighted by molar-refractivity contribution is 6.31. The molecule has 3 aromatic rings. The maximum absolute atomic E-state index is 13.5. The van der Waals surface area contributed by atoms with Crippen LogP contribution in [0.25, 0.3) is 10.9 Å². The summed E-state index contributed by atoms with van der Waals surface area (Å²) >= 11 is 5.89. The number of pyridine rings is 1. The van der Waals surface area contributed by atoms with Crippen molar-refractivity contribution in [2.24, 2.45) is 0 Å². The van der Waals surface area contributed by atoms with E-state index in [9.17, 15) is 14.4 Å². The Balaban J connectivity index is 1.79. The molecule has 0 aliphatic carbocycles. The predicted molar refractivity (Wildman–Crippen MR) is 127 cm³/mol. The number of nitriles is 1. The van der Waals surface area contributed by atoms with Crippen LogP contribution in [0.4, 0.5) is 21.6 Å². The Morgan fingerprint density at radius 3 is 2.91 bits per heavy atom. The van der Waals surface area contributed by atoms with E-state index in [1.54, 1.807) is 29.2 Å². The zero-order valence-corrected chi connectivity index (χ0v) is 18.9. The molecule has 2 aromatic carbocycles. The van der Waals surface area contributed by atoms with Crippen LogP contribution >= 0.6 is 11.6 Å². The maximum Gasteiger partial charge on any atom is 0.250 e. The first-order valence-electron chi connectivity index (χ1n) is 10.2. The van der Waals surface area contributed by atoms with Crippen molar-refractivity contribution in [3.05, 3.63) is 65.0 Å². The Bertz CT molecular complexity index is 1300. The van der Waals surface area contributed by atoms with Crippen LogP contribution in [0.5, 0.6) is 5.75 Å². The number of carbonyl (C=O) groups is 1. The number of carbonyl (C=O) groups excluding carboxylic acids is 1. The van der Waals surface area contributed by atoms with Gasteiger partial charge in [-0.1, -0.05) is 17.7 Å². The summed E-state index contributed by atoms with van der Waals surface area (Å²) in [4.78, 5) is 21.2. The van der Waals surface area contributed by atoms with Crippen molar-refractivity contribution >= 4 is 45.6 Å². The lowest BCUT2D eigenvalue weighted by atomic mass is 10.1. The number of amides is 1. The van der Waals surface area contributed by atoms with Crippen molar-refractivity contribution in [3.8, 4) is 11.8 Å². The third kappa shape index (κ3) is 4.75. The highest BCUT2D eigenvalue weighted by atomic mass is 35.5. The zero-order valence-electron chi connectivity index (χ0n) is 18.1. The Hall–Kier alpha value is -3.67. The van der Waals surface area contributed by atoms with Crippen molar-refractivity contribution < 1.29 is 13.9 Å². The van der Waals surface area contributed by atoms with Gasteiger partial charge in [-0.05, 0) is 50.5 Å². The number of nitrogens with one attached hydrogen (secondary N) is 1. The number of fused-ring (bicyclic) bond motifs is 3. The summed E-state index contributed by atoms with van der Waals surface area (Å²) in [5.74, 6) is 0.0788. The fourth-order valence-corrected chi connectivity index (χ4v) is 3.69. The molecular weight excluding hydrogens is 445 g/mol. The number of aromatic nitrogens is 1. The fraction of sp³-hybridized carbons (Fsp3) is 0.208. The molecule has 168 valence electrons. The van der Waals surface area contributed by atoms with Gasteiger partial charge in [0, 0.05) is 23.7 Å². The second-order valence-electron chi connectivity index (χ2n) is 7.74. The van der Waals surface area contributed by atoms with E-state index in [2.05, 4.69) is 16.4 Å². The molecule has 0 atom stereocenters. The smallest absolute Gasteiger partial charge is 0.250 e. The Morgan fingerprint density at radius 2 is 2.18 bits per heavy atom. The monoisotopic (exact) mass is 465 g/mol. The summed E-state index contributed by atoms with van der Waals surface area (Å²) in [5.41, 5.74) is 1.83. The summed E-state index contributed by atoms with van der Waals surface area (Å²) in [6.07, 6.45) is 3.34. The minimum atomic E-state index is -0.545. The average Bonchev–Trinajstić information content (AvgIpc) is 2.80. The number of ether oxygens (including phenoxy) is 1. The van der Waals surface area contributed by atoms with Gasteiger partial charge in [-0.3, -0.25) is 4.79 Å². The van der Waals surface area contributed by atoms with Crippen LogP contribution < -0.4 is 15.0 Å². The Morgan fingerprint density at radius 1 is 1.36 bits per heavy atom. The molecule has 0 bridgehead atoms. The highest BCUT2D eigenvalue weighted by Crippen LogP contribution is 2.39. The van der Waals surface area contributed by atoms with Gasteiger partial charge in [-0.25, -0.2) is 9.37 Å². The minimum Gasteiger partial charge on any atom is -0.489 e. The lowest BCUT2D eigenvalue weighted by Crippen LogP contribution is -2.37. The van der Waals surface area contributed by atoms with Crippen molar-refractivity contribution in [1.82, 2.24) is 9.88 Å². The number of rotatable bonds is 5. The minimum absolute atomic E-state index is 0.0497. The molecule has 4 rings (SSSR count). The molecule has 0 saturated carbocycles. The van der Waals surface area contributed by atoms with E-state index < -0.39 is 5.82 Å². The van der Waals surface area contributed by atoms with E-state index in [1.165, 1.54) is 24.3 Å². The van der Waals surface area contributed by atoms with Gasteiger partial charge in [0.25, 0.3) is 5.91 Å². The number of benzene rings is 2. The predicted octanol–water partition coefficient (Wildman–Crippen LogP) is 4.49. The molecule has 0 fully saturated rings. The Kier molecular flexibility index (Phi) is 6.45. The van der Waals surface area contributed by atoms with Crippen LogP contribution in [0.3, 0.4) is 0 Å². The first kappa shape index (κ1) is 22.5. The third-order valence-electron chi connectivity index (χ3n) is 5.07. The number of hydrogen-bond acceptors (Lipinski definition) is 6. The van der Waals surface area contributed by atoms with E-state index in [0.717, 1.165) is 0 Å². The second kappa shape index (κ2) is 9.45. The molecule has 0 unspecified atom stereocenters. The molecule has 2 heterocycles. The molecular formula is C24H21ClFN5O2. The summed E-state index contributed by atoms with van der Waals surface area (Å²) in [5, 5.41) is 13.3. The van der Waals surface area contributed by atoms with Gasteiger partial charge >= 0.3 is 0 Å². The third-order valence-corrected chi connectivity index (χ3v) is 5.36. The SMILES string of the molecule is CN(C)C/C=C/C(=O)N1CCOc2ccc3cc(C#N)c(Nc4ccc(F)c(Cl)c4)nc3c21. The van der Waals surface area contributed by atoms with Crippen LogP contribution in [-0.2, 0) is 4.79 Å². The number of nitrogens with zero attached hydrogens (tertiary/aromatic N) is 4. The van der Waals surface area contributed by atoms with Gasteiger partial charge in [-0.15, -0.1) is 0 Å². The van der Waals surface area contributed by atoms with Gasteiger partial charge < -0.3 is 19.9 Å². The maximum atomic E-state index is 13.5. The molecule has 7 nitrogen and oxygen atoms in total. The molecule has 1 amide bonds. The van der Waals surface area contributed by atoms with Crippen LogP contribution in [0.2, 0.25) is 5.02 Å². The van der Waals surface area contributed by atoms with Gasteiger partial charge in [0.1, 0.15) is 41.3 Å². The van der Waals surface area contributed by atoms with Gasteiger partial charge in [0.2, 0.25) is 0 Å². The van der Waals surface area contributed by atoms with E-state index in [1.807, 2.05) is 19.0 Å². The van der Waals surface area contributed by atoms with Gasteiger partial charge in [0.15, 0.2) is 0 Å². The summed E-state index contributed by atoms with van der Waals surface area (Å²) in [6.45, 7) is 1.37. The number of halogens is 2. The standard InChI is InChI=1S/C24H21ClFN5O2/c1-30(2)9-3-4-21(32)31-10-11-33-20-8-5-15-12-16(14-27)24(29-22(15)23(20)31)28-17-6-7-19(26)18(25)13-17/h3-8,12-13H,9-11H2,1-2H3,(H,28,29)/b4-3+. The van der Waals surface area contributed by atoms with E-state index in [4.69, 9.17) is 16.3 Å². The summed E-state index contributed by atoms with van der Waals surface area (Å²) < 4.78 is 19.3. The fourth-order valence-electron chi connectivity index (χ4n) is 3.51. The highest BCUT2D eigenvalue weighted by Gasteiger charge is 2.26. The molecule has 1 aromatic heterocycles. The lowest BCUT2D eigenvalue weighted by molar-refractivity contribution is -0.114. The second-order valence-corrected chi connectivity index (χ2v) is 8.14. The topological polar surface area (TPSA) is 81.5 Å². The molecule has 0 saturated heterocycles. The van der Waals surface area contributed by atoms with Crippen LogP contribution in [-0.4, -0.2) is 49.6 Å². The molecule has 1 N–H and O–H groups in total. The van der Waals surface area contributed by atoms with Crippen molar-refractivity contribution in [2.75, 3.05) is 44.0 Å². The lowest BCUT2D eigenvalue weighted by Gasteiger charge is -2.29. The van der Waals surface area contributed by atoms with Gasteiger partial charge in [-0.2, -0.15) is 5.26 Å². The number of likely N-dealkylation sites (N-methyl/N-ethyl adjacent to an activating group) is 1. The molecule has 33 heavy (non-hydrogen) atoms. The molecule has 9 heteroatoms. The van der Waals surface area contributed by atoms with Gasteiger partial charge in [0.05, 0.1) is 17.1 Å². The van der Waals surface area contributed by atoms with Crippen LogP contribution in [0.15, 0.2) is 48.6 Å². The van der Waals surface area contributed by atoms with Crippen LogP contribution in [0.1, 0.15) is 5.56 Å². The van der Waals surface area contributed by atoms with Crippen molar-refractivity contribution in [3.63, 3.8) is 0 Å². The zero-order chi connectivity index (χ0) is 23.5. The number of anilines is 3. The van der Waals surface area contributed by atoms with E-state index >= 15 is 0 Å². The summed E-state index contributed by atoms with van der Waals surface area (Å²) in [6, 6.07) is 11.5. The average molecular weight is 466 g/mol. The largest absolute Gasteiger partial charge is 0.489 e. The normalized spacial score (nSPS) is 13.2.